The van der Waals surface area contributed by atoms with Crippen LogP contribution in [0.25, 0.3) is 0 Å². The Balaban J connectivity index is 2.26. The molecule has 0 heterocycles. The standard InChI is InChI=1S/C16H25FN2/c1-10-4-5-15(17)14(9-10)16(19-18)13-7-11(2)6-12(3)8-13/h4-5,9,11-13,16,19H,6-8,18H2,1-3H3. The predicted molar refractivity (Wildman–Crippen MR) is 76.9 cm³/mol. The molecule has 0 amide bonds. The van der Waals surface area contributed by atoms with Gasteiger partial charge in [-0.2, -0.15) is 0 Å². The van der Waals surface area contributed by atoms with Gasteiger partial charge in [-0.1, -0.05) is 31.5 Å². The van der Waals surface area contributed by atoms with Gasteiger partial charge in [-0.3, -0.25) is 11.3 Å². The van der Waals surface area contributed by atoms with Gasteiger partial charge in [-0.05, 0) is 50.0 Å². The minimum atomic E-state index is -0.153. The number of nitrogens with one attached hydrogen (secondary N) is 1. The number of benzene rings is 1. The Morgan fingerprint density at radius 3 is 2.42 bits per heavy atom. The molecule has 1 fully saturated rings. The monoisotopic (exact) mass is 264 g/mol. The molecule has 1 aliphatic carbocycles. The molecule has 1 aromatic carbocycles. The Bertz CT molecular complexity index is 423. The molecule has 1 aromatic rings. The Morgan fingerprint density at radius 1 is 1.21 bits per heavy atom. The summed E-state index contributed by atoms with van der Waals surface area (Å²) in [6.07, 6.45) is 3.50. The third-order valence-corrected chi connectivity index (χ3v) is 4.35. The number of hydrogen-bond acceptors (Lipinski definition) is 2. The maximum atomic E-state index is 14.1. The zero-order valence-electron chi connectivity index (χ0n) is 12.1. The molecule has 3 atom stereocenters. The SMILES string of the molecule is Cc1ccc(F)c(C(NN)C2CC(C)CC(C)C2)c1. The first-order valence-electron chi connectivity index (χ1n) is 7.23. The number of aryl methyl sites for hydroxylation is 1. The van der Waals surface area contributed by atoms with Gasteiger partial charge in [0.15, 0.2) is 0 Å². The molecule has 106 valence electrons. The van der Waals surface area contributed by atoms with Gasteiger partial charge in [0.1, 0.15) is 5.82 Å². The highest BCUT2D eigenvalue weighted by Crippen LogP contribution is 2.40. The average Bonchev–Trinajstić information content (AvgIpc) is 2.33. The van der Waals surface area contributed by atoms with E-state index in [2.05, 4.69) is 19.3 Å². The summed E-state index contributed by atoms with van der Waals surface area (Å²) in [4.78, 5) is 0. The summed E-state index contributed by atoms with van der Waals surface area (Å²) in [5, 5.41) is 0. The zero-order chi connectivity index (χ0) is 14.0. The van der Waals surface area contributed by atoms with E-state index in [1.807, 2.05) is 13.0 Å². The van der Waals surface area contributed by atoms with E-state index in [0.717, 1.165) is 18.4 Å². The van der Waals surface area contributed by atoms with E-state index in [0.29, 0.717) is 23.3 Å². The quantitative estimate of drug-likeness (QED) is 0.645. The van der Waals surface area contributed by atoms with Crippen molar-refractivity contribution in [3.63, 3.8) is 0 Å². The van der Waals surface area contributed by atoms with E-state index >= 15 is 0 Å². The van der Waals surface area contributed by atoms with Crippen molar-refractivity contribution in [3.05, 3.63) is 35.1 Å². The number of halogens is 1. The van der Waals surface area contributed by atoms with Crippen molar-refractivity contribution >= 4 is 0 Å². The molecular formula is C16H25FN2. The largest absolute Gasteiger partial charge is 0.271 e. The van der Waals surface area contributed by atoms with Crippen LogP contribution in [0.4, 0.5) is 4.39 Å². The number of hydrogen-bond donors (Lipinski definition) is 2. The summed E-state index contributed by atoms with van der Waals surface area (Å²) in [6.45, 7) is 6.55. The van der Waals surface area contributed by atoms with E-state index in [1.165, 1.54) is 6.42 Å². The van der Waals surface area contributed by atoms with Crippen molar-refractivity contribution in [1.82, 2.24) is 5.43 Å². The van der Waals surface area contributed by atoms with Gasteiger partial charge in [0.25, 0.3) is 0 Å². The molecule has 19 heavy (non-hydrogen) atoms. The number of hydrazine groups is 1. The van der Waals surface area contributed by atoms with Gasteiger partial charge < -0.3 is 0 Å². The maximum absolute atomic E-state index is 14.1. The van der Waals surface area contributed by atoms with E-state index in [9.17, 15) is 4.39 Å². The first-order chi connectivity index (χ1) is 9.01. The molecule has 3 unspecified atom stereocenters. The lowest BCUT2D eigenvalue weighted by Crippen LogP contribution is -2.37. The average molecular weight is 264 g/mol. The first-order valence-corrected chi connectivity index (χ1v) is 7.23. The molecule has 3 N–H and O–H groups in total. The summed E-state index contributed by atoms with van der Waals surface area (Å²) in [7, 11) is 0. The molecule has 0 spiro atoms. The second kappa shape index (κ2) is 6.02. The van der Waals surface area contributed by atoms with Crippen LogP contribution in [-0.4, -0.2) is 0 Å². The lowest BCUT2D eigenvalue weighted by Gasteiger charge is -2.36. The lowest BCUT2D eigenvalue weighted by molar-refractivity contribution is 0.175. The summed E-state index contributed by atoms with van der Waals surface area (Å²) in [5.74, 6) is 7.38. The highest BCUT2D eigenvalue weighted by atomic mass is 19.1. The van der Waals surface area contributed by atoms with Crippen LogP contribution in [0.2, 0.25) is 0 Å². The Labute approximate surface area is 115 Å². The molecular weight excluding hydrogens is 239 g/mol. The van der Waals surface area contributed by atoms with E-state index in [1.54, 1.807) is 12.1 Å². The fourth-order valence-corrected chi connectivity index (χ4v) is 3.66. The van der Waals surface area contributed by atoms with E-state index in [-0.39, 0.29) is 11.9 Å². The van der Waals surface area contributed by atoms with Gasteiger partial charge in [0.2, 0.25) is 0 Å². The van der Waals surface area contributed by atoms with Crippen LogP contribution in [0, 0.1) is 30.5 Å². The summed E-state index contributed by atoms with van der Waals surface area (Å²) >= 11 is 0. The summed E-state index contributed by atoms with van der Waals surface area (Å²) < 4.78 is 14.1. The third kappa shape index (κ3) is 3.34. The van der Waals surface area contributed by atoms with Gasteiger partial charge in [-0.25, -0.2) is 4.39 Å². The predicted octanol–water partition coefficient (Wildman–Crippen LogP) is 3.71. The van der Waals surface area contributed by atoms with Crippen molar-refractivity contribution in [2.24, 2.45) is 23.6 Å². The Morgan fingerprint density at radius 2 is 1.84 bits per heavy atom. The van der Waals surface area contributed by atoms with Crippen molar-refractivity contribution in [1.29, 1.82) is 0 Å². The van der Waals surface area contributed by atoms with Crippen LogP contribution >= 0.6 is 0 Å². The van der Waals surface area contributed by atoms with Gasteiger partial charge in [-0.15, -0.1) is 0 Å². The zero-order valence-corrected chi connectivity index (χ0v) is 12.1. The fourth-order valence-electron chi connectivity index (χ4n) is 3.66. The van der Waals surface area contributed by atoms with Crippen molar-refractivity contribution in [3.8, 4) is 0 Å². The molecule has 0 saturated heterocycles. The van der Waals surface area contributed by atoms with Crippen molar-refractivity contribution in [2.45, 2.75) is 46.1 Å². The minimum absolute atomic E-state index is 0.0786. The maximum Gasteiger partial charge on any atom is 0.128 e. The van der Waals surface area contributed by atoms with Crippen LogP contribution < -0.4 is 11.3 Å². The normalized spacial score (nSPS) is 29.2. The third-order valence-electron chi connectivity index (χ3n) is 4.35. The van der Waals surface area contributed by atoms with Crippen LogP contribution in [0.3, 0.4) is 0 Å². The molecule has 3 heteroatoms. The molecule has 2 rings (SSSR count). The molecule has 0 bridgehead atoms. The van der Waals surface area contributed by atoms with Gasteiger partial charge in [0, 0.05) is 5.56 Å². The van der Waals surface area contributed by atoms with Gasteiger partial charge >= 0.3 is 0 Å². The minimum Gasteiger partial charge on any atom is -0.271 e. The van der Waals surface area contributed by atoms with Crippen LogP contribution in [0.15, 0.2) is 18.2 Å². The number of nitrogens with two attached hydrogens (primary N) is 1. The van der Waals surface area contributed by atoms with Crippen LogP contribution in [-0.2, 0) is 0 Å². The Kier molecular flexibility index (Phi) is 4.58. The highest BCUT2D eigenvalue weighted by molar-refractivity contribution is 5.27. The second-order valence-corrected chi connectivity index (χ2v) is 6.35. The van der Waals surface area contributed by atoms with E-state index < -0.39 is 0 Å². The Hall–Kier alpha value is -0.930. The molecule has 2 nitrogen and oxygen atoms in total. The van der Waals surface area contributed by atoms with Crippen LogP contribution in [0.5, 0.6) is 0 Å². The van der Waals surface area contributed by atoms with E-state index in [4.69, 9.17) is 5.84 Å². The second-order valence-electron chi connectivity index (χ2n) is 6.35. The lowest BCUT2D eigenvalue weighted by atomic mass is 9.72. The topological polar surface area (TPSA) is 38.0 Å². The molecule has 0 radical (unpaired) electrons. The summed E-state index contributed by atoms with van der Waals surface area (Å²) in [5.41, 5.74) is 4.65. The smallest absolute Gasteiger partial charge is 0.128 e. The first kappa shape index (κ1) is 14.5. The molecule has 0 aliphatic heterocycles. The van der Waals surface area contributed by atoms with Crippen LogP contribution in [0.1, 0.15) is 50.3 Å². The molecule has 0 aromatic heterocycles. The van der Waals surface area contributed by atoms with Crippen molar-refractivity contribution < 1.29 is 4.39 Å². The van der Waals surface area contributed by atoms with Crippen molar-refractivity contribution in [2.75, 3.05) is 0 Å². The molecule has 1 saturated carbocycles. The van der Waals surface area contributed by atoms with Gasteiger partial charge in [0.05, 0.1) is 6.04 Å². The fraction of sp³-hybridized carbons (Fsp3) is 0.625. The number of rotatable bonds is 3. The molecule has 1 aliphatic rings. The summed E-state index contributed by atoms with van der Waals surface area (Å²) in [6, 6.07) is 5.19. The highest BCUT2D eigenvalue weighted by Gasteiger charge is 2.31.